The minimum Gasteiger partial charge on any atom is -0.494 e. The molecule has 2 unspecified atom stereocenters. The van der Waals surface area contributed by atoms with E-state index in [1.807, 2.05) is 43.3 Å². The van der Waals surface area contributed by atoms with Gasteiger partial charge in [-0.1, -0.05) is 13.0 Å². The van der Waals surface area contributed by atoms with E-state index < -0.39 is 0 Å². The summed E-state index contributed by atoms with van der Waals surface area (Å²) in [4.78, 5) is 4.15. The highest BCUT2D eigenvalue weighted by atomic mass is 16.5. The van der Waals surface area contributed by atoms with Crippen molar-refractivity contribution in [1.29, 1.82) is 0 Å². The lowest BCUT2D eigenvalue weighted by Gasteiger charge is -2.24. The molecule has 0 saturated heterocycles. The van der Waals surface area contributed by atoms with E-state index >= 15 is 0 Å². The summed E-state index contributed by atoms with van der Waals surface area (Å²) >= 11 is 0. The summed E-state index contributed by atoms with van der Waals surface area (Å²) in [6.45, 7) is 4.66. The number of hydrogen-bond acceptors (Lipinski definition) is 4. The first-order chi connectivity index (χ1) is 10.2. The van der Waals surface area contributed by atoms with Crippen molar-refractivity contribution in [2.45, 2.75) is 32.4 Å². The summed E-state index contributed by atoms with van der Waals surface area (Å²) in [5.74, 6) is 1.61. The van der Waals surface area contributed by atoms with Crippen LogP contribution in [0.2, 0.25) is 0 Å². The van der Waals surface area contributed by atoms with Gasteiger partial charge in [-0.25, -0.2) is 0 Å². The molecule has 0 fully saturated rings. The monoisotopic (exact) mass is 286 g/mol. The number of pyridine rings is 1. The highest BCUT2D eigenvalue weighted by Crippen LogP contribution is 2.26. The zero-order valence-corrected chi connectivity index (χ0v) is 12.5. The molecule has 112 valence electrons. The van der Waals surface area contributed by atoms with Gasteiger partial charge in [0, 0.05) is 24.0 Å². The summed E-state index contributed by atoms with van der Waals surface area (Å²) in [5, 5.41) is 0. The summed E-state index contributed by atoms with van der Waals surface area (Å²) in [5.41, 5.74) is 7.18. The van der Waals surface area contributed by atoms with E-state index in [2.05, 4.69) is 11.9 Å². The van der Waals surface area contributed by atoms with Gasteiger partial charge in [0.05, 0.1) is 6.61 Å². The molecule has 4 nitrogen and oxygen atoms in total. The smallest absolute Gasteiger partial charge is 0.140 e. The van der Waals surface area contributed by atoms with Crippen LogP contribution in [0.15, 0.2) is 48.8 Å². The molecule has 0 aliphatic rings. The third-order valence-corrected chi connectivity index (χ3v) is 3.27. The molecule has 0 spiro atoms. The summed E-state index contributed by atoms with van der Waals surface area (Å²) in [6, 6.07) is 11.4. The van der Waals surface area contributed by atoms with Crippen LogP contribution >= 0.6 is 0 Å². The molecule has 4 heteroatoms. The Morgan fingerprint density at radius 3 is 2.38 bits per heavy atom. The molecule has 0 radical (unpaired) electrons. The Hall–Kier alpha value is -2.07. The normalized spacial score (nSPS) is 13.5. The van der Waals surface area contributed by atoms with Crippen molar-refractivity contribution in [1.82, 2.24) is 4.98 Å². The second-order valence-electron chi connectivity index (χ2n) is 4.80. The molecule has 2 rings (SSSR count). The van der Waals surface area contributed by atoms with Crippen LogP contribution in [0.1, 0.15) is 31.9 Å². The van der Waals surface area contributed by atoms with Crippen LogP contribution in [0.25, 0.3) is 0 Å². The number of ether oxygens (including phenoxy) is 2. The van der Waals surface area contributed by atoms with Gasteiger partial charge < -0.3 is 15.2 Å². The first-order valence-corrected chi connectivity index (χ1v) is 7.29. The zero-order chi connectivity index (χ0) is 15.1. The molecule has 1 heterocycles. The molecule has 0 aliphatic heterocycles. The SMILES string of the molecule is CCOc1ccc(OC(c2cccnc2)C(N)CC)cc1. The highest BCUT2D eigenvalue weighted by Gasteiger charge is 2.20. The van der Waals surface area contributed by atoms with E-state index in [4.69, 9.17) is 15.2 Å². The molecule has 2 N–H and O–H groups in total. The van der Waals surface area contributed by atoms with Gasteiger partial charge in [-0.3, -0.25) is 4.98 Å². The van der Waals surface area contributed by atoms with Crippen LogP contribution in [-0.2, 0) is 0 Å². The number of hydrogen-bond donors (Lipinski definition) is 1. The van der Waals surface area contributed by atoms with Gasteiger partial charge in [0.2, 0.25) is 0 Å². The lowest BCUT2D eigenvalue weighted by atomic mass is 10.0. The maximum atomic E-state index is 6.20. The second kappa shape index (κ2) is 7.64. The minimum absolute atomic E-state index is 0.0826. The fourth-order valence-corrected chi connectivity index (χ4v) is 2.09. The van der Waals surface area contributed by atoms with E-state index in [9.17, 15) is 0 Å². The van der Waals surface area contributed by atoms with Crippen LogP contribution in [-0.4, -0.2) is 17.6 Å². The zero-order valence-electron chi connectivity index (χ0n) is 12.5. The van der Waals surface area contributed by atoms with E-state index in [0.717, 1.165) is 23.5 Å². The van der Waals surface area contributed by atoms with Crippen LogP contribution in [0.3, 0.4) is 0 Å². The molecule has 0 bridgehead atoms. The Morgan fingerprint density at radius 2 is 1.81 bits per heavy atom. The predicted octanol–water partition coefficient (Wildman–Crippen LogP) is 3.34. The Kier molecular flexibility index (Phi) is 5.58. The van der Waals surface area contributed by atoms with E-state index in [1.165, 1.54) is 0 Å². The number of nitrogens with two attached hydrogens (primary N) is 1. The van der Waals surface area contributed by atoms with Crippen molar-refractivity contribution in [3.8, 4) is 11.5 Å². The Labute approximate surface area is 125 Å². The van der Waals surface area contributed by atoms with Crippen LogP contribution in [0.5, 0.6) is 11.5 Å². The van der Waals surface area contributed by atoms with Gasteiger partial charge in [0.1, 0.15) is 17.6 Å². The summed E-state index contributed by atoms with van der Waals surface area (Å²) in [6.07, 6.45) is 4.17. The van der Waals surface area contributed by atoms with Gasteiger partial charge in [-0.15, -0.1) is 0 Å². The average molecular weight is 286 g/mol. The molecule has 2 atom stereocenters. The van der Waals surface area contributed by atoms with Crippen molar-refractivity contribution >= 4 is 0 Å². The van der Waals surface area contributed by atoms with E-state index in [0.29, 0.717) is 6.61 Å². The fraction of sp³-hybridized carbons (Fsp3) is 0.353. The van der Waals surface area contributed by atoms with E-state index in [-0.39, 0.29) is 12.1 Å². The number of benzene rings is 1. The minimum atomic E-state index is -0.207. The molecular formula is C17H22N2O2. The summed E-state index contributed by atoms with van der Waals surface area (Å²) < 4.78 is 11.5. The van der Waals surface area contributed by atoms with Crippen molar-refractivity contribution < 1.29 is 9.47 Å². The Bertz CT molecular complexity index is 528. The fourth-order valence-electron chi connectivity index (χ4n) is 2.09. The van der Waals surface area contributed by atoms with Gasteiger partial charge in [-0.05, 0) is 43.7 Å². The van der Waals surface area contributed by atoms with Crippen molar-refractivity contribution in [2.75, 3.05) is 6.61 Å². The molecule has 0 aliphatic carbocycles. The molecule has 1 aromatic heterocycles. The van der Waals surface area contributed by atoms with Crippen molar-refractivity contribution in [2.24, 2.45) is 5.73 Å². The lowest BCUT2D eigenvalue weighted by Crippen LogP contribution is -2.31. The lowest BCUT2D eigenvalue weighted by molar-refractivity contribution is 0.170. The molecule has 1 aromatic carbocycles. The predicted molar refractivity (Wildman–Crippen MR) is 83.5 cm³/mol. The van der Waals surface area contributed by atoms with Crippen molar-refractivity contribution in [3.05, 3.63) is 54.4 Å². The standard InChI is InChI=1S/C17H22N2O2/c1-3-16(18)17(13-6-5-11-19-12-13)21-15-9-7-14(8-10-15)20-4-2/h5-12,16-17H,3-4,18H2,1-2H3. The average Bonchev–Trinajstić information content (AvgIpc) is 2.54. The first kappa shape index (κ1) is 15.3. The van der Waals surface area contributed by atoms with Crippen LogP contribution in [0.4, 0.5) is 0 Å². The highest BCUT2D eigenvalue weighted by molar-refractivity contribution is 5.32. The first-order valence-electron chi connectivity index (χ1n) is 7.29. The van der Waals surface area contributed by atoms with Gasteiger partial charge in [0.15, 0.2) is 0 Å². The third-order valence-electron chi connectivity index (χ3n) is 3.27. The maximum absolute atomic E-state index is 6.20. The molecule has 21 heavy (non-hydrogen) atoms. The largest absolute Gasteiger partial charge is 0.494 e. The Balaban J connectivity index is 2.15. The van der Waals surface area contributed by atoms with Crippen LogP contribution in [0, 0.1) is 0 Å². The van der Waals surface area contributed by atoms with Crippen molar-refractivity contribution in [3.63, 3.8) is 0 Å². The quantitative estimate of drug-likeness (QED) is 0.848. The Morgan fingerprint density at radius 1 is 1.10 bits per heavy atom. The van der Waals surface area contributed by atoms with Gasteiger partial charge in [0.25, 0.3) is 0 Å². The van der Waals surface area contributed by atoms with Crippen LogP contribution < -0.4 is 15.2 Å². The number of aromatic nitrogens is 1. The van der Waals surface area contributed by atoms with Gasteiger partial charge >= 0.3 is 0 Å². The number of nitrogens with zero attached hydrogens (tertiary/aromatic N) is 1. The maximum Gasteiger partial charge on any atom is 0.140 e. The molecule has 2 aromatic rings. The number of rotatable bonds is 7. The third kappa shape index (κ3) is 4.20. The summed E-state index contributed by atoms with van der Waals surface area (Å²) in [7, 11) is 0. The van der Waals surface area contributed by atoms with E-state index in [1.54, 1.807) is 12.4 Å². The molecule has 0 amide bonds. The molecule has 0 saturated carbocycles. The van der Waals surface area contributed by atoms with Gasteiger partial charge in [-0.2, -0.15) is 0 Å². The molecular weight excluding hydrogens is 264 g/mol. The topological polar surface area (TPSA) is 57.4 Å². The second-order valence-corrected chi connectivity index (χ2v) is 4.80.